The van der Waals surface area contributed by atoms with Gasteiger partial charge in [0.15, 0.2) is 6.29 Å². The number of rotatable bonds is 6. The third-order valence-electron chi connectivity index (χ3n) is 3.08. The number of aldehydes is 1. The van der Waals surface area contributed by atoms with Gasteiger partial charge >= 0.3 is 0 Å². The first-order valence-electron chi connectivity index (χ1n) is 6.08. The first kappa shape index (κ1) is 11.3. The molecule has 0 N–H and O–H groups in total. The molecule has 4 heteroatoms. The molecule has 88 valence electrons. The maximum atomic E-state index is 10.9. The second-order valence-corrected chi connectivity index (χ2v) is 5.09. The lowest BCUT2D eigenvalue weighted by molar-refractivity contribution is 0.111. The van der Waals surface area contributed by atoms with Crippen molar-refractivity contribution in [2.75, 3.05) is 0 Å². The van der Waals surface area contributed by atoms with E-state index in [1.807, 2.05) is 4.68 Å². The van der Waals surface area contributed by atoms with Crippen LogP contribution in [-0.4, -0.2) is 21.3 Å². The minimum Gasteiger partial charge on any atom is -0.296 e. The van der Waals surface area contributed by atoms with E-state index in [1.54, 1.807) is 0 Å². The molecular formula is C12H19N3O. The van der Waals surface area contributed by atoms with Gasteiger partial charge in [0.25, 0.3) is 0 Å². The molecule has 1 saturated carbocycles. The van der Waals surface area contributed by atoms with Gasteiger partial charge in [-0.2, -0.15) is 0 Å². The van der Waals surface area contributed by atoms with Crippen molar-refractivity contribution in [3.05, 3.63) is 11.4 Å². The average Bonchev–Trinajstić information content (AvgIpc) is 2.96. The number of carbonyl (C=O) groups is 1. The average molecular weight is 221 g/mol. The molecule has 1 heterocycles. The molecule has 1 fully saturated rings. The maximum Gasteiger partial charge on any atom is 0.172 e. The SMILES string of the molecule is CC(C)CCn1nnc(C=O)c1CC1CC1. The fraction of sp³-hybridized carbons (Fsp3) is 0.750. The molecule has 2 rings (SSSR count). The fourth-order valence-corrected chi connectivity index (χ4v) is 1.80. The summed E-state index contributed by atoms with van der Waals surface area (Å²) in [6, 6.07) is 0. The van der Waals surface area contributed by atoms with Crippen LogP contribution in [0.2, 0.25) is 0 Å². The van der Waals surface area contributed by atoms with Crippen molar-refractivity contribution in [2.45, 2.75) is 46.1 Å². The number of carbonyl (C=O) groups excluding carboxylic acids is 1. The molecule has 1 aromatic rings. The molecule has 0 unspecified atom stereocenters. The highest BCUT2D eigenvalue weighted by molar-refractivity contribution is 5.73. The Morgan fingerprint density at radius 2 is 2.25 bits per heavy atom. The Morgan fingerprint density at radius 1 is 1.50 bits per heavy atom. The van der Waals surface area contributed by atoms with Gasteiger partial charge in [-0.1, -0.05) is 19.1 Å². The third-order valence-corrected chi connectivity index (χ3v) is 3.08. The van der Waals surface area contributed by atoms with E-state index in [0.29, 0.717) is 11.6 Å². The molecule has 1 aliphatic carbocycles. The molecule has 0 aliphatic heterocycles. The van der Waals surface area contributed by atoms with Crippen molar-refractivity contribution in [3.8, 4) is 0 Å². The number of hydrogen-bond acceptors (Lipinski definition) is 3. The van der Waals surface area contributed by atoms with E-state index in [9.17, 15) is 4.79 Å². The predicted octanol–water partition coefficient (Wildman–Crippen LogP) is 2.09. The smallest absolute Gasteiger partial charge is 0.172 e. The summed E-state index contributed by atoms with van der Waals surface area (Å²) in [6.07, 6.45) is 5.45. The Kier molecular flexibility index (Phi) is 3.36. The van der Waals surface area contributed by atoms with Crippen molar-refractivity contribution in [1.29, 1.82) is 0 Å². The summed E-state index contributed by atoms with van der Waals surface area (Å²) >= 11 is 0. The van der Waals surface area contributed by atoms with Crippen molar-refractivity contribution in [1.82, 2.24) is 15.0 Å². The molecule has 0 aromatic carbocycles. The summed E-state index contributed by atoms with van der Waals surface area (Å²) in [4.78, 5) is 10.9. The van der Waals surface area contributed by atoms with Gasteiger partial charge < -0.3 is 0 Å². The Hall–Kier alpha value is -1.19. The van der Waals surface area contributed by atoms with E-state index >= 15 is 0 Å². The van der Waals surface area contributed by atoms with Crippen LogP contribution in [0.25, 0.3) is 0 Å². The van der Waals surface area contributed by atoms with E-state index < -0.39 is 0 Å². The van der Waals surface area contributed by atoms with Crippen LogP contribution in [0.5, 0.6) is 0 Å². The van der Waals surface area contributed by atoms with Gasteiger partial charge in [0.05, 0.1) is 5.69 Å². The minimum atomic E-state index is 0.538. The Morgan fingerprint density at radius 3 is 2.81 bits per heavy atom. The van der Waals surface area contributed by atoms with Crippen LogP contribution in [0, 0.1) is 11.8 Å². The topological polar surface area (TPSA) is 47.8 Å². The largest absolute Gasteiger partial charge is 0.296 e. The molecule has 16 heavy (non-hydrogen) atoms. The highest BCUT2D eigenvalue weighted by Crippen LogP contribution is 2.33. The number of nitrogens with zero attached hydrogens (tertiary/aromatic N) is 3. The van der Waals surface area contributed by atoms with Gasteiger partial charge in [0, 0.05) is 6.54 Å². The predicted molar refractivity (Wildman–Crippen MR) is 61.3 cm³/mol. The van der Waals surface area contributed by atoms with Gasteiger partial charge in [-0.3, -0.25) is 4.79 Å². The summed E-state index contributed by atoms with van der Waals surface area (Å²) in [5.74, 6) is 1.41. The van der Waals surface area contributed by atoms with Gasteiger partial charge in [-0.05, 0) is 37.5 Å². The van der Waals surface area contributed by atoms with Gasteiger partial charge in [-0.25, -0.2) is 4.68 Å². The molecule has 1 aliphatic rings. The molecular weight excluding hydrogens is 202 g/mol. The Labute approximate surface area is 96.0 Å². The quantitative estimate of drug-likeness (QED) is 0.691. The molecule has 0 atom stereocenters. The third kappa shape index (κ3) is 2.68. The second-order valence-electron chi connectivity index (χ2n) is 5.09. The summed E-state index contributed by atoms with van der Waals surface area (Å²) in [5.41, 5.74) is 1.58. The first-order valence-corrected chi connectivity index (χ1v) is 6.08. The maximum absolute atomic E-state index is 10.9. The molecule has 0 spiro atoms. The van der Waals surface area contributed by atoms with Crippen LogP contribution >= 0.6 is 0 Å². The summed E-state index contributed by atoms with van der Waals surface area (Å²) in [5, 5.41) is 8.01. The van der Waals surface area contributed by atoms with Gasteiger partial charge in [-0.15, -0.1) is 5.10 Å². The van der Waals surface area contributed by atoms with Crippen LogP contribution in [-0.2, 0) is 13.0 Å². The number of hydrogen-bond donors (Lipinski definition) is 0. The zero-order valence-electron chi connectivity index (χ0n) is 10.0. The summed E-state index contributed by atoms with van der Waals surface area (Å²) in [7, 11) is 0. The zero-order chi connectivity index (χ0) is 11.5. The van der Waals surface area contributed by atoms with Crippen molar-refractivity contribution < 1.29 is 4.79 Å². The fourth-order valence-electron chi connectivity index (χ4n) is 1.80. The monoisotopic (exact) mass is 221 g/mol. The molecule has 0 radical (unpaired) electrons. The lowest BCUT2D eigenvalue weighted by Gasteiger charge is -2.07. The van der Waals surface area contributed by atoms with Crippen LogP contribution < -0.4 is 0 Å². The highest BCUT2D eigenvalue weighted by atomic mass is 16.1. The first-order chi connectivity index (χ1) is 7.70. The lowest BCUT2D eigenvalue weighted by Crippen LogP contribution is -2.09. The van der Waals surface area contributed by atoms with E-state index in [-0.39, 0.29) is 0 Å². The molecule has 0 saturated heterocycles. The van der Waals surface area contributed by atoms with Crippen LogP contribution in [0.4, 0.5) is 0 Å². The van der Waals surface area contributed by atoms with Gasteiger partial charge in [0.2, 0.25) is 0 Å². The Balaban J connectivity index is 2.08. The standard InChI is InChI=1S/C12H19N3O/c1-9(2)5-6-15-12(7-10-3-4-10)11(8-16)13-14-15/h8-10H,3-7H2,1-2H3. The highest BCUT2D eigenvalue weighted by Gasteiger charge is 2.25. The van der Waals surface area contributed by atoms with Crippen molar-refractivity contribution in [3.63, 3.8) is 0 Å². The lowest BCUT2D eigenvalue weighted by atomic mass is 10.1. The second kappa shape index (κ2) is 4.76. The van der Waals surface area contributed by atoms with Crippen LogP contribution in [0.1, 0.15) is 49.3 Å². The van der Waals surface area contributed by atoms with Crippen molar-refractivity contribution in [2.24, 2.45) is 11.8 Å². The summed E-state index contributed by atoms with van der Waals surface area (Å²) in [6.45, 7) is 5.26. The van der Waals surface area contributed by atoms with Gasteiger partial charge in [0.1, 0.15) is 5.69 Å². The van der Waals surface area contributed by atoms with E-state index in [1.165, 1.54) is 12.8 Å². The number of aromatic nitrogens is 3. The number of aryl methyl sites for hydroxylation is 1. The minimum absolute atomic E-state index is 0.538. The molecule has 0 amide bonds. The Bertz CT molecular complexity index is 366. The normalized spacial score (nSPS) is 15.7. The van der Waals surface area contributed by atoms with E-state index in [2.05, 4.69) is 24.2 Å². The zero-order valence-corrected chi connectivity index (χ0v) is 10.0. The van der Waals surface area contributed by atoms with Crippen molar-refractivity contribution >= 4 is 6.29 Å². The summed E-state index contributed by atoms with van der Waals surface area (Å²) < 4.78 is 1.92. The van der Waals surface area contributed by atoms with Crippen LogP contribution in [0.15, 0.2) is 0 Å². The van der Waals surface area contributed by atoms with E-state index in [0.717, 1.165) is 37.3 Å². The molecule has 0 bridgehead atoms. The molecule has 1 aromatic heterocycles. The van der Waals surface area contributed by atoms with Crippen LogP contribution in [0.3, 0.4) is 0 Å². The van der Waals surface area contributed by atoms with E-state index in [4.69, 9.17) is 0 Å². The molecule has 4 nitrogen and oxygen atoms in total.